The number of ether oxygens (including phenoxy) is 2. The van der Waals surface area contributed by atoms with Crippen molar-refractivity contribution >= 4 is 27.7 Å². The molecule has 0 unspecified atom stereocenters. The van der Waals surface area contributed by atoms with E-state index in [4.69, 9.17) is 9.47 Å². The average molecular weight is 432 g/mol. The van der Waals surface area contributed by atoms with Crippen LogP contribution in [0.1, 0.15) is 18.3 Å². The molecule has 4 aromatic rings. The molecule has 0 bridgehead atoms. The summed E-state index contributed by atoms with van der Waals surface area (Å²) in [6, 6.07) is 12.9. The Hall–Kier alpha value is -3.94. The normalized spacial score (nSPS) is 11.0. The lowest BCUT2D eigenvalue weighted by Crippen LogP contribution is -2.33. The molecule has 0 atom stereocenters. The Bertz CT molecular complexity index is 1340. The van der Waals surface area contributed by atoms with Crippen LogP contribution in [0.4, 0.5) is 0 Å². The lowest BCUT2D eigenvalue weighted by Gasteiger charge is -2.21. The number of rotatable bonds is 7. The number of fused-ring (bicyclic) bond motifs is 2. The quantitative estimate of drug-likeness (QED) is 0.482. The average Bonchev–Trinajstić information content (AvgIpc) is 2.81. The Labute approximate surface area is 184 Å². The molecule has 0 saturated heterocycles. The second-order valence-corrected chi connectivity index (χ2v) is 7.31. The summed E-state index contributed by atoms with van der Waals surface area (Å²) in [4.78, 5) is 39.1. The maximum atomic E-state index is 13.1. The number of methoxy groups -OCH3 is 2. The molecule has 8 nitrogen and oxygen atoms in total. The van der Waals surface area contributed by atoms with Crippen LogP contribution in [0.25, 0.3) is 21.8 Å². The molecule has 0 aliphatic rings. The second kappa shape index (κ2) is 9.05. The SMILES string of the molecule is CCN(Cc1nc2cc(OC)c(OC)cc2c(=O)[nH]1)C(=O)Cc1cccc2cccnc12. The monoisotopic (exact) mass is 432 g/mol. The molecule has 8 heteroatoms. The van der Waals surface area contributed by atoms with Crippen molar-refractivity contribution in [3.63, 3.8) is 0 Å². The molecular weight excluding hydrogens is 408 g/mol. The molecule has 4 rings (SSSR count). The number of pyridine rings is 1. The van der Waals surface area contributed by atoms with Crippen molar-refractivity contribution in [3.8, 4) is 11.5 Å². The van der Waals surface area contributed by atoms with Gasteiger partial charge in [0.05, 0.1) is 43.6 Å². The largest absolute Gasteiger partial charge is 0.493 e. The van der Waals surface area contributed by atoms with E-state index in [1.54, 1.807) is 23.2 Å². The lowest BCUT2D eigenvalue weighted by atomic mass is 10.1. The molecule has 0 aliphatic carbocycles. The highest BCUT2D eigenvalue weighted by atomic mass is 16.5. The number of aromatic nitrogens is 3. The van der Waals surface area contributed by atoms with E-state index in [9.17, 15) is 9.59 Å². The molecule has 0 spiro atoms. The molecule has 2 heterocycles. The van der Waals surface area contributed by atoms with Gasteiger partial charge in [-0.05, 0) is 24.6 Å². The van der Waals surface area contributed by atoms with Gasteiger partial charge in [-0.2, -0.15) is 0 Å². The van der Waals surface area contributed by atoms with Crippen LogP contribution in [0.5, 0.6) is 11.5 Å². The van der Waals surface area contributed by atoms with Crippen molar-refractivity contribution in [3.05, 3.63) is 70.4 Å². The third-order valence-corrected chi connectivity index (χ3v) is 5.39. The predicted octanol–water partition coefficient (Wildman–Crippen LogP) is 3.08. The number of nitrogens with one attached hydrogen (secondary N) is 1. The van der Waals surface area contributed by atoms with E-state index in [2.05, 4.69) is 15.0 Å². The number of amides is 1. The van der Waals surface area contributed by atoms with E-state index in [0.29, 0.717) is 34.8 Å². The molecule has 0 saturated carbocycles. The number of carbonyl (C=O) groups is 1. The number of aromatic amines is 1. The fraction of sp³-hybridized carbons (Fsp3) is 0.250. The van der Waals surface area contributed by atoms with E-state index < -0.39 is 0 Å². The van der Waals surface area contributed by atoms with Crippen LogP contribution in [-0.4, -0.2) is 46.5 Å². The summed E-state index contributed by atoms with van der Waals surface area (Å²) < 4.78 is 10.6. The van der Waals surface area contributed by atoms with Crippen LogP contribution >= 0.6 is 0 Å². The minimum absolute atomic E-state index is 0.0688. The maximum Gasteiger partial charge on any atom is 0.258 e. The number of para-hydroxylation sites is 1. The molecular formula is C24H24N4O4. The minimum atomic E-state index is -0.298. The number of likely N-dealkylation sites (N-methyl/N-ethyl adjacent to an activating group) is 1. The summed E-state index contributed by atoms with van der Waals surface area (Å²) >= 11 is 0. The molecule has 1 amide bonds. The highest BCUT2D eigenvalue weighted by molar-refractivity contribution is 5.87. The second-order valence-electron chi connectivity index (χ2n) is 7.31. The Kier molecular flexibility index (Phi) is 6.02. The van der Waals surface area contributed by atoms with Crippen LogP contribution < -0.4 is 15.0 Å². The van der Waals surface area contributed by atoms with Gasteiger partial charge in [0.25, 0.3) is 5.56 Å². The van der Waals surface area contributed by atoms with Crippen molar-refractivity contribution in [1.82, 2.24) is 19.9 Å². The van der Waals surface area contributed by atoms with Crippen molar-refractivity contribution in [2.45, 2.75) is 19.9 Å². The van der Waals surface area contributed by atoms with Crippen LogP contribution in [0.15, 0.2) is 53.5 Å². The summed E-state index contributed by atoms with van der Waals surface area (Å²) in [6.07, 6.45) is 1.94. The zero-order chi connectivity index (χ0) is 22.7. The van der Waals surface area contributed by atoms with Crippen LogP contribution in [0.3, 0.4) is 0 Å². The Balaban J connectivity index is 1.61. The highest BCUT2D eigenvalue weighted by Gasteiger charge is 2.17. The summed E-state index contributed by atoms with van der Waals surface area (Å²) in [5.74, 6) is 1.27. The fourth-order valence-electron chi connectivity index (χ4n) is 3.73. The maximum absolute atomic E-state index is 13.1. The number of H-pyrrole nitrogens is 1. The van der Waals surface area contributed by atoms with E-state index in [1.165, 1.54) is 14.2 Å². The zero-order valence-corrected chi connectivity index (χ0v) is 18.2. The van der Waals surface area contributed by atoms with E-state index in [-0.39, 0.29) is 24.4 Å². The summed E-state index contributed by atoms with van der Waals surface area (Å²) in [5, 5.41) is 1.38. The first-order valence-electron chi connectivity index (χ1n) is 10.3. The van der Waals surface area contributed by atoms with Gasteiger partial charge >= 0.3 is 0 Å². The Morgan fingerprint density at radius 3 is 2.59 bits per heavy atom. The van der Waals surface area contributed by atoms with E-state index in [0.717, 1.165) is 16.5 Å². The van der Waals surface area contributed by atoms with Gasteiger partial charge in [-0.15, -0.1) is 0 Å². The van der Waals surface area contributed by atoms with Crippen molar-refractivity contribution in [2.75, 3.05) is 20.8 Å². The topological polar surface area (TPSA) is 97.4 Å². The van der Waals surface area contributed by atoms with E-state index >= 15 is 0 Å². The number of carbonyl (C=O) groups excluding carboxylic acids is 1. The van der Waals surface area contributed by atoms with Gasteiger partial charge in [-0.25, -0.2) is 4.98 Å². The summed E-state index contributed by atoms with van der Waals surface area (Å²) in [6.45, 7) is 2.56. The molecule has 32 heavy (non-hydrogen) atoms. The first kappa shape index (κ1) is 21.3. The number of hydrogen-bond donors (Lipinski definition) is 1. The standard InChI is InChI=1S/C24H24N4O4/c1-4-28(22(29)11-16-8-5-7-15-9-6-10-25-23(15)16)14-21-26-18-13-20(32-3)19(31-2)12-17(18)24(30)27-21/h5-10,12-13H,4,11,14H2,1-3H3,(H,26,27,30). The van der Waals surface area contributed by atoms with Gasteiger partial charge < -0.3 is 19.4 Å². The first-order valence-corrected chi connectivity index (χ1v) is 10.3. The number of hydrogen-bond acceptors (Lipinski definition) is 6. The summed E-state index contributed by atoms with van der Waals surface area (Å²) in [5.41, 5.74) is 1.86. The zero-order valence-electron chi connectivity index (χ0n) is 18.2. The molecule has 0 aliphatic heterocycles. The minimum Gasteiger partial charge on any atom is -0.493 e. The fourth-order valence-corrected chi connectivity index (χ4v) is 3.73. The predicted molar refractivity (Wildman–Crippen MR) is 122 cm³/mol. The molecule has 0 fully saturated rings. The number of nitrogens with zero attached hydrogens (tertiary/aromatic N) is 3. The van der Waals surface area contributed by atoms with Gasteiger partial charge in [-0.3, -0.25) is 14.6 Å². The van der Waals surface area contributed by atoms with Gasteiger partial charge in [0, 0.05) is 24.2 Å². The number of benzene rings is 2. The Morgan fingerprint density at radius 2 is 1.84 bits per heavy atom. The van der Waals surface area contributed by atoms with Gasteiger partial charge in [0.1, 0.15) is 5.82 Å². The van der Waals surface area contributed by atoms with Crippen molar-refractivity contribution < 1.29 is 14.3 Å². The van der Waals surface area contributed by atoms with Crippen LogP contribution in [0.2, 0.25) is 0 Å². The van der Waals surface area contributed by atoms with Crippen LogP contribution in [0, 0.1) is 0 Å². The molecule has 0 radical (unpaired) electrons. The lowest BCUT2D eigenvalue weighted by molar-refractivity contribution is -0.130. The highest BCUT2D eigenvalue weighted by Crippen LogP contribution is 2.30. The summed E-state index contributed by atoms with van der Waals surface area (Å²) in [7, 11) is 3.03. The molecule has 2 aromatic heterocycles. The molecule has 164 valence electrons. The first-order chi connectivity index (χ1) is 15.5. The van der Waals surface area contributed by atoms with Crippen LogP contribution in [-0.2, 0) is 17.8 Å². The molecule has 1 N–H and O–H groups in total. The van der Waals surface area contributed by atoms with Gasteiger partial charge in [0.15, 0.2) is 11.5 Å². The van der Waals surface area contributed by atoms with E-state index in [1.807, 2.05) is 37.3 Å². The smallest absolute Gasteiger partial charge is 0.258 e. The van der Waals surface area contributed by atoms with Crippen molar-refractivity contribution in [2.24, 2.45) is 0 Å². The third kappa shape index (κ3) is 4.12. The third-order valence-electron chi connectivity index (χ3n) is 5.39. The van der Waals surface area contributed by atoms with Gasteiger partial charge in [0.2, 0.25) is 5.91 Å². The van der Waals surface area contributed by atoms with Gasteiger partial charge in [-0.1, -0.05) is 24.3 Å². The van der Waals surface area contributed by atoms with Crippen molar-refractivity contribution in [1.29, 1.82) is 0 Å². The Morgan fingerprint density at radius 1 is 1.09 bits per heavy atom. The molecule has 2 aromatic carbocycles.